The van der Waals surface area contributed by atoms with Crippen LogP contribution in [0.25, 0.3) is 0 Å². The summed E-state index contributed by atoms with van der Waals surface area (Å²) < 4.78 is 41.3. The van der Waals surface area contributed by atoms with E-state index < -0.39 is 12.2 Å². The van der Waals surface area contributed by atoms with Crippen LogP contribution in [0, 0.1) is 11.7 Å². The first kappa shape index (κ1) is 24.2. The third-order valence-electron chi connectivity index (χ3n) is 6.51. The van der Waals surface area contributed by atoms with E-state index in [1.807, 2.05) is 16.7 Å². The molecule has 1 unspecified atom stereocenters. The third-order valence-corrected chi connectivity index (χ3v) is 6.51. The molecule has 3 N–H and O–H groups in total. The zero-order valence-corrected chi connectivity index (χ0v) is 19.1. The number of nitrogens with two attached hydrogens (primary N) is 1. The minimum Gasteiger partial charge on any atom is -0.369 e. The Balaban J connectivity index is 1.44. The van der Waals surface area contributed by atoms with E-state index >= 15 is 4.39 Å². The Kier molecular flexibility index (Phi) is 7.50. The summed E-state index contributed by atoms with van der Waals surface area (Å²) in [6.07, 6.45) is 3.48. The number of pyridine rings is 1. The number of nitrogens with zero attached hydrogens (tertiary/aromatic N) is 5. The first-order valence-electron chi connectivity index (χ1n) is 11.6. The quantitative estimate of drug-likeness (QED) is 0.542. The Bertz CT molecular complexity index is 979. The van der Waals surface area contributed by atoms with E-state index in [2.05, 4.69) is 20.3 Å². The first-order chi connectivity index (χ1) is 16.3. The fraction of sp³-hybridized carbons (Fsp3) is 0.565. The molecule has 2 fully saturated rings. The van der Waals surface area contributed by atoms with Gasteiger partial charge in [0.25, 0.3) is 6.43 Å². The van der Waals surface area contributed by atoms with Gasteiger partial charge in [-0.25, -0.2) is 18.7 Å². The number of amides is 1. The van der Waals surface area contributed by atoms with Crippen molar-refractivity contribution in [1.82, 2.24) is 19.9 Å². The maximum atomic E-state index is 15.5. The summed E-state index contributed by atoms with van der Waals surface area (Å²) >= 11 is 0. The molecular weight excluding hydrogens is 447 g/mol. The molecule has 0 aromatic carbocycles. The molecule has 0 radical (unpaired) electrons. The number of rotatable bonds is 10. The van der Waals surface area contributed by atoms with Crippen LogP contribution in [0.5, 0.6) is 0 Å². The number of carbonyl (C=O) groups excluding carboxylic acids is 1. The van der Waals surface area contributed by atoms with Crippen molar-refractivity contribution in [3.63, 3.8) is 0 Å². The summed E-state index contributed by atoms with van der Waals surface area (Å²) in [6.45, 7) is 4.25. The molecular formula is C23H30F3N7O. The number of likely N-dealkylation sites (tertiary alicyclic amines) is 1. The predicted octanol–water partition coefficient (Wildman–Crippen LogP) is 3.29. The number of primary amides is 1. The molecule has 1 saturated heterocycles. The van der Waals surface area contributed by atoms with Gasteiger partial charge < -0.3 is 16.0 Å². The van der Waals surface area contributed by atoms with Crippen molar-refractivity contribution in [3.8, 4) is 0 Å². The maximum Gasteiger partial charge on any atom is 0.265 e. The van der Waals surface area contributed by atoms with Gasteiger partial charge in [-0.05, 0) is 63.7 Å². The van der Waals surface area contributed by atoms with Crippen LogP contribution in [0.4, 0.5) is 24.8 Å². The number of alkyl halides is 2. The summed E-state index contributed by atoms with van der Waals surface area (Å²) in [5, 5.41) is 3.13. The van der Waals surface area contributed by atoms with Crippen LogP contribution in [0.1, 0.15) is 56.3 Å². The second-order valence-electron chi connectivity index (χ2n) is 9.06. The number of piperidine rings is 1. The van der Waals surface area contributed by atoms with Gasteiger partial charge in [0.15, 0.2) is 11.6 Å². The fourth-order valence-electron chi connectivity index (χ4n) is 4.43. The highest BCUT2D eigenvalue weighted by atomic mass is 19.3. The highest BCUT2D eigenvalue weighted by Gasteiger charge is 2.36. The number of carbonyl (C=O) groups is 1. The normalized spacial score (nSPS) is 18.1. The number of aromatic nitrogens is 3. The van der Waals surface area contributed by atoms with Gasteiger partial charge >= 0.3 is 0 Å². The molecule has 0 spiro atoms. The van der Waals surface area contributed by atoms with E-state index in [1.54, 1.807) is 6.07 Å². The van der Waals surface area contributed by atoms with Crippen molar-refractivity contribution >= 4 is 17.5 Å². The molecule has 1 aliphatic heterocycles. The van der Waals surface area contributed by atoms with Crippen molar-refractivity contribution in [2.45, 2.75) is 51.1 Å². The lowest BCUT2D eigenvalue weighted by Gasteiger charge is -2.32. The molecule has 34 heavy (non-hydrogen) atoms. The van der Waals surface area contributed by atoms with E-state index in [0.717, 1.165) is 38.8 Å². The minimum absolute atomic E-state index is 0.110. The predicted molar refractivity (Wildman–Crippen MR) is 122 cm³/mol. The van der Waals surface area contributed by atoms with Gasteiger partial charge in [0.1, 0.15) is 6.33 Å². The molecule has 1 amide bonds. The summed E-state index contributed by atoms with van der Waals surface area (Å²) in [6, 6.07) is 2.68. The van der Waals surface area contributed by atoms with Crippen LogP contribution in [0.15, 0.2) is 24.7 Å². The molecule has 3 heterocycles. The molecule has 1 atom stereocenters. The minimum atomic E-state index is -2.58. The number of hydrogen-bond donors (Lipinski definition) is 2. The number of anilines is 2. The molecule has 2 aliphatic rings. The summed E-state index contributed by atoms with van der Waals surface area (Å²) in [4.78, 5) is 27.5. The Morgan fingerprint density at radius 3 is 2.53 bits per heavy atom. The average molecular weight is 478 g/mol. The zero-order valence-electron chi connectivity index (χ0n) is 19.1. The topological polar surface area (TPSA) is 100 Å². The molecule has 2 aromatic rings. The zero-order chi connectivity index (χ0) is 24.2. The Morgan fingerprint density at radius 1 is 1.21 bits per heavy atom. The van der Waals surface area contributed by atoms with E-state index in [9.17, 15) is 13.6 Å². The summed E-state index contributed by atoms with van der Waals surface area (Å²) in [7, 11) is 0. The Morgan fingerprint density at radius 2 is 1.94 bits per heavy atom. The lowest BCUT2D eigenvalue weighted by Crippen LogP contribution is -2.40. The first-order valence-corrected chi connectivity index (χ1v) is 11.6. The van der Waals surface area contributed by atoms with Crippen molar-refractivity contribution < 1.29 is 18.0 Å². The smallest absolute Gasteiger partial charge is 0.265 e. The lowest BCUT2D eigenvalue weighted by atomic mass is 9.97. The molecule has 184 valence electrons. The van der Waals surface area contributed by atoms with Crippen LogP contribution in [-0.4, -0.2) is 58.0 Å². The largest absolute Gasteiger partial charge is 0.369 e. The number of nitrogens with one attached hydrogen (secondary N) is 1. The average Bonchev–Trinajstić information content (AvgIpc) is 3.65. The van der Waals surface area contributed by atoms with E-state index in [4.69, 9.17) is 5.73 Å². The SMILES string of the molecule is CC(c1ccc(C(F)F)cn1)N(c1ncnc(NCC2CCN(CC(N)=O)CC2)c1F)C1CC1. The molecule has 4 rings (SSSR count). The van der Waals surface area contributed by atoms with Crippen molar-refractivity contribution in [2.75, 3.05) is 36.4 Å². The standard InChI is InChI=1S/C23H30F3N7O/c1-14(18-5-2-16(11-28-18)21(25)26)33(17-3-4-17)23-20(24)22(30-13-31-23)29-10-15-6-8-32(9-7-15)12-19(27)34/h2,5,11,13-15,17,21H,3-4,6-10,12H2,1H3,(H2,27,34)(H,29,30,31). The maximum absolute atomic E-state index is 15.5. The summed E-state index contributed by atoms with van der Waals surface area (Å²) in [5.74, 6) is -0.205. The van der Waals surface area contributed by atoms with E-state index in [-0.39, 0.29) is 41.7 Å². The second-order valence-corrected chi connectivity index (χ2v) is 9.06. The highest BCUT2D eigenvalue weighted by Crippen LogP contribution is 2.39. The summed E-state index contributed by atoms with van der Waals surface area (Å²) in [5.41, 5.74) is 5.69. The number of hydrogen-bond acceptors (Lipinski definition) is 7. The van der Waals surface area contributed by atoms with Crippen molar-refractivity contribution in [2.24, 2.45) is 11.7 Å². The molecule has 1 aliphatic carbocycles. The highest BCUT2D eigenvalue weighted by molar-refractivity contribution is 5.75. The fourth-order valence-corrected chi connectivity index (χ4v) is 4.43. The van der Waals surface area contributed by atoms with Gasteiger partial charge in [0.05, 0.1) is 18.3 Å². The molecule has 11 heteroatoms. The van der Waals surface area contributed by atoms with Gasteiger partial charge in [-0.3, -0.25) is 14.7 Å². The van der Waals surface area contributed by atoms with Gasteiger partial charge in [0, 0.05) is 24.3 Å². The van der Waals surface area contributed by atoms with Gasteiger partial charge in [-0.15, -0.1) is 0 Å². The monoisotopic (exact) mass is 477 g/mol. The van der Waals surface area contributed by atoms with Crippen LogP contribution in [0.2, 0.25) is 0 Å². The van der Waals surface area contributed by atoms with Crippen molar-refractivity contribution in [3.05, 3.63) is 41.7 Å². The third kappa shape index (κ3) is 5.75. The Labute approximate surface area is 196 Å². The lowest BCUT2D eigenvalue weighted by molar-refractivity contribution is -0.119. The van der Waals surface area contributed by atoms with Crippen LogP contribution >= 0.6 is 0 Å². The van der Waals surface area contributed by atoms with Crippen LogP contribution in [0.3, 0.4) is 0 Å². The van der Waals surface area contributed by atoms with Crippen molar-refractivity contribution in [1.29, 1.82) is 0 Å². The Hall–Kier alpha value is -2.95. The van der Waals surface area contributed by atoms with Gasteiger partial charge in [-0.2, -0.15) is 4.39 Å². The molecule has 8 nitrogen and oxygen atoms in total. The van der Waals surface area contributed by atoms with Gasteiger partial charge in [0.2, 0.25) is 11.7 Å². The van der Waals surface area contributed by atoms with Crippen LogP contribution in [-0.2, 0) is 4.79 Å². The number of halogens is 3. The van der Waals surface area contributed by atoms with E-state index in [1.165, 1.54) is 18.6 Å². The second kappa shape index (κ2) is 10.5. The molecule has 0 bridgehead atoms. The van der Waals surface area contributed by atoms with Crippen LogP contribution < -0.4 is 16.0 Å². The molecule has 1 saturated carbocycles. The molecule has 2 aromatic heterocycles. The van der Waals surface area contributed by atoms with E-state index in [0.29, 0.717) is 18.2 Å². The van der Waals surface area contributed by atoms with Gasteiger partial charge in [-0.1, -0.05) is 0 Å².